The maximum absolute atomic E-state index is 10.9. The zero-order chi connectivity index (χ0) is 9.26. The van der Waals surface area contributed by atoms with E-state index in [1.807, 2.05) is 4.90 Å². The zero-order valence-corrected chi connectivity index (χ0v) is 7.23. The minimum atomic E-state index is -0.110. The summed E-state index contributed by atoms with van der Waals surface area (Å²) in [7, 11) is 0. The van der Waals surface area contributed by atoms with Gasteiger partial charge in [0.1, 0.15) is 5.82 Å². The Morgan fingerprint density at radius 3 is 3.08 bits per heavy atom. The molecule has 5 heteroatoms. The van der Waals surface area contributed by atoms with Crippen LogP contribution >= 0.6 is 0 Å². The average molecular weight is 180 g/mol. The van der Waals surface area contributed by atoms with E-state index in [0.717, 1.165) is 18.9 Å². The highest BCUT2D eigenvalue weighted by atomic mass is 16.1. The number of H-pyrrole nitrogens is 1. The third-order valence-corrected chi connectivity index (χ3v) is 2.28. The maximum atomic E-state index is 10.9. The van der Waals surface area contributed by atoms with Crippen LogP contribution in [0.5, 0.6) is 0 Å². The molecule has 1 aliphatic heterocycles. The van der Waals surface area contributed by atoms with Crippen LogP contribution in [-0.4, -0.2) is 29.6 Å². The van der Waals surface area contributed by atoms with Gasteiger partial charge >= 0.3 is 0 Å². The molecule has 0 atom stereocenters. The zero-order valence-electron chi connectivity index (χ0n) is 7.23. The molecule has 3 N–H and O–H groups in total. The second-order valence-electron chi connectivity index (χ2n) is 3.28. The smallest absolute Gasteiger partial charge is 0.252 e. The lowest BCUT2D eigenvalue weighted by Crippen LogP contribution is -2.50. The van der Waals surface area contributed by atoms with Crippen LogP contribution in [0.4, 0.5) is 5.82 Å². The van der Waals surface area contributed by atoms with Gasteiger partial charge in [0.2, 0.25) is 0 Å². The molecule has 13 heavy (non-hydrogen) atoms. The van der Waals surface area contributed by atoms with Crippen molar-refractivity contribution in [2.75, 3.05) is 24.5 Å². The first-order valence-corrected chi connectivity index (χ1v) is 4.29. The fraction of sp³-hybridized carbons (Fsp3) is 0.500. The molecule has 1 aromatic heterocycles. The van der Waals surface area contributed by atoms with Crippen LogP contribution in [0.3, 0.4) is 0 Å². The fourth-order valence-corrected chi connectivity index (χ4v) is 1.44. The molecule has 0 amide bonds. The van der Waals surface area contributed by atoms with Gasteiger partial charge in [0, 0.05) is 25.1 Å². The summed E-state index contributed by atoms with van der Waals surface area (Å²) in [5.41, 5.74) is 5.38. The first kappa shape index (κ1) is 8.25. The summed E-state index contributed by atoms with van der Waals surface area (Å²) < 4.78 is 0. The van der Waals surface area contributed by atoms with Gasteiger partial charge < -0.3 is 15.6 Å². The Bertz CT molecular complexity index is 342. The van der Waals surface area contributed by atoms with Crippen LogP contribution in [0, 0.1) is 5.92 Å². The summed E-state index contributed by atoms with van der Waals surface area (Å²) in [6, 6.07) is 1.51. The summed E-state index contributed by atoms with van der Waals surface area (Å²) in [6.07, 6.45) is 1.42. The lowest BCUT2D eigenvalue weighted by Gasteiger charge is -2.39. The molecule has 2 heterocycles. The molecule has 0 radical (unpaired) electrons. The third-order valence-electron chi connectivity index (χ3n) is 2.28. The van der Waals surface area contributed by atoms with Gasteiger partial charge in [-0.05, 0) is 6.54 Å². The summed E-state index contributed by atoms with van der Waals surface area (Å²) in [6.45, 7) is 2.53. The summed E-state index contributed by atoms with van der Waals surface area (Å²) in [4.78, 5) is 19.5. The molecule has 0 spiro atoms. The number of nitrogens with one attached hydrogen (secondary N) is 1. The van der Waals surface area contributed by atoms with Crippen molar-refractivity contribution in [2.24, 2.45) is 11.7 Å². The van der Waals surface area contributed by atoms with E-state index in [1.165, 1.54) is 12.4 Å². The van der Waals surface area contributed by atoms with Crippen LogP contribution in [0.2, 0.25) is 0 Å². The van der Waals surface area contributed by atoms with Gasteiger partial charge in [0.05, 0.1) is 6.33 Å². The number of aromatic amines is 1. The van der Waals surface area contributed by atoms with Gasteiger partial charge in [0.25, 0.3) is 5.56 Å². The molecule has 0 aliphatic carbocycles. The first-order valence-electron chi connectivity index (χ1n) is 4.29. The van der Waals surface area contributed by atoms with Gasteiger partial charge in [-0.25, -0.2) is 4.98 Å². The Morgan fingerprint density at radius 1 is 1.69 bits per heavy atom. The molecule has 1 fully saturated rings. The van der Waals surface area contributed by atoms with Gasteiger partial charge in [0.15, 0.2) is 0 Å². The molecule has 1 aliphatic rings. The Morgan fingerprint density at radius 2 is 2.46 bits per heavy atom. The lowest BCUT2D eigenvalue weighted by atomic mass is 10.0. The van der Waals surface area contributed by atoms with Crippen molar-refractivity contribution in [2.45, 2.75) is 0 Å². The van der Waals surface area contributed by atoms with E-state index >= 15 is 0 Å². The standard InChI is InChI=1S/C8H12N4O/c9-2-6-3-12(4-6)7-1-8(13)11-5-10-7/h1,5-6H,2-4,9H2,(H,10,11,13). The molecule has 2 rings (SSSR count). The normalized spacial score (nSPS) is 17.2. The summed E-state index contributed by atoms with van der Waals surface area (Å²) in [5.74, 6) is 1.30. The van der Waals surface area contributed by atoms with Crippen LogP contribution < -0.4 is 16.2 Å². The molecule has 0 bridgehead atoms. The molecular weight excluding hydrogens is 168 g/mol. The summed E-state index contributed by atoms with van der Waals surface area (Å²) >= 11 is 0. The quantitative estimate of drug-likeness (QED) is 0.622. The highest BCUT2D eigenvalue weighted by molar-refractivity contribution is 5.39. The Balaban J connectivity index is 2.07. The van der Waals surface area contributed by atoms with E-state index in [-0.39, 0.29) is 5.56 Å². The van der Waals surface area contributed by atoms with Crippen LogP contribution in [0.15, 0.2) is 17.2 Å². The highest BCUT2D eigenvalue weighted by Gasteiger charge is 2.26. The number of anilines is 1. The van der Waals surface area contributed by atoms with E-state index in [2.05, 4.69) is 9.97 Å². The van der Waals surface area contributed by atoms with Crippen molar-refractivity contribution in [1.29, 1.82) is 0 Å². The van der Waals surface area contributed by atoms with Gasteiger partial charge in [-0.1, -0.05) is 0 Å². The Labute approximate surface area is 75.6 Å². The van der Waals surface area contributed by atoms with E-state index in [9.17, 15) is 4.79 Å². The average Bonchev–Trinajstić information content (AvgIpc) is 2.02. The Kier molecular flexibility index (Phi) is 2.02. The van der Waals surface area contributed by atoms with Crippen molar-refractivity contribution in [3.8, 4) is 0 Å². The number of nitrogens with zero attached hydrogens (tertiary/aromatic N) is 2. The number of hydrogen-bond donors (Lipinski definition) is 2. The van der Waals surface area contributed by atoms with Crippen molar-refractivity contribution in [3.63, 3.8) is 0 Å². The first-order chi connectivity index (χ1) is 6.29. The van der Waals surface area contributed by atoms with Gasteiger partial charge in [-0.3, -0.25) is 4.79 Å². The minimum Gasteiger partial charge on any atom is -0.356 e. The van der Waals surface area contributed by atoms with Gasteiger partial charge in [-0.2, -0.15) is 0 Å². The largest absolute Gasteiger partial charge is 0.356 e. The molecular formula is C8H12N4O. The van der Waals surface area contributed by atoms with E-state index in [1.54, 1.807) is 0 Å². The second kappa shape index (κ2) is 3.18. The van der Waals surface area contributed by atoms with Crippen LogP contribution in [0.25, 0.3) is 0 Å². The van der Waals surface area contributed by atoms with Gasteiger partial charge in [-0.15, -0.1) is 0 Å². The van der Waals surface area contributed by atoms with Crippen molar-refractivity contribution >= 4 is 5.82 Å². The predicted molar refractivity (Wildman–Crippen MR) is 49.6 cm³/mol. The molecule has 0 unspecified atom stereocenters. The number of nitrogens with two attached hydrogens (primary N) is 1. The number of rotatable bonds is 2. The third kappa shape index (κ3) is 1.55. The molecule has 70 valence electrons. The predicted octanol–water partition coefficient (Wildman–Crippen LogP) is -0.835. The highest BCUT2D eigenvalue weighted by Crippen LogP contribution is 2.19. The van der Waals surface area contributed by atoms with Crippen LogP contribution in [0.1, 0.15) is 0 Å². The number of aromatic nitrogens is 2. The molecule has 0 aromatic carbocycles. The van der Waals surface area contributed by atoms with E-state index in [0.29, 0.717) is 12.5 Å². The van der Waals surface area contributed by atoms with Crippen LogP contribution in [-0.2, 0) is 0 Å². The van der Waals surface area contributed by atoms with E-state index < -0.39 is 0 Å². The van der Waals surface area contributed by atoms with Crippen molar-refractivity contribution in [1.82, 2.24) is 9.97 Å². The topological polar surface area (TPSA) is 75.0 Å². The molecule has 5 nitrogen and oxygen atoms in total. The second-order valence-corrected chi connectivity index (χ2v) is 3.28. The monoisotopic (exact) mass is 180 g/mol. The SMILES string of the molecule is NCC1CN(c2cc(=O)[nH]cn2)C1. The van der Waals surface area contributed by atoms with Crippen molar-refractivity contribution in [3.05, 3.63) is 22.7 Å². The lowest BCUT2D eigenvalue weighted by molar-refractivity contribution is 0.416. The summed E-state index contributed by atoms with van der Waals surface area (Å²) in [5, 5.41) is 0. The van der Waals surface area contributed by atoms with E-state index in [4.69, 9.17) is 5.73 Å². The number of hydrogen-bond acceptors (Lipinski definition) is 4. The van der Waals surface area contributed by atoms with Crippen molar-refractivity contribution < 1.29 is 0 Å². The molecule has 0 saturated carbocycles. The molecule has 1 aromatic rings. The Hall–Kier alpha value is -1.36. The minimum absolute atomic E-state index is 0.110. The molecule has 1 saturated heterocycles. The maximum Gasteiger partial charge on any atom is 0.252 e. The fourth-order valence-electron chi connectivity index (χ4n) is 1.44.